The molecule has 0 bridgehead atoms. The number of ether oxygens (including phenoxy) is 1. The van der Waals surface area contributed by atoms with E-state index in [-0.39, 0.29) is 12.1 Å². The summed E-state index contributed by atoms with van der Waals surface area (Å²) in [6.07, 6.45) is 10.7. The zero-order valence-corrected chi connectivity index (χ0v) is 15.4. The van der Waals surface area contributed by atoms with Gasteiger partial charge in [-0.1, -0.05) is 6.07 Å². The van der Waals surface area contributed by atoms with Crippen molar-refractivity contribution in [3.05, 3.63) is 66.9 Å². The van der Waals surface area contributed by atoms with Crippen molar-refractivity contribution in [3.63, 3.8) is 0 Å². The zero-order valence-electron chi connectivity index (χ0n) is 15.4. The van der Waals surface area contributed by atoms with Gasteiger partial charge in [0.15, 0.2) is 5.82 Å². The van der Waals surface area contributed by atoms with Crippen molar-refractivity contribution in [3.8, 4) is 5.82 Å². The van der Waals surface area contributed by atoms with Crippen molar-refractivity contribution in [1.82, 2.24) is 24.6 Å². The first-order valence-electron chi connectivity index (χ1n) is 9.31. The van der Waals surface area contributed by atoms with Crippen molar-refractivity contribution >= 4 is 11.7 Å². The molecule has 28 heavy (non-hydrogen) atoms. The van der Waals surface area contributed by atoms with Crippen LogP contribution in [0, 0.1) is 0 Å². The van der Waals surface area contributed by atoms with Gasteiger partial charge in [-0.3, -0.25) is 4.98 Å². The summed E-state index contributed by atoms with van der Waals surface area (Å²) < 4.78 is 7.37. The SMILES string of the molecule is O=C(Nc1cccnc1-n1cccn1)N(Cc1cccnc1)C[C@@H]1CCCO1. The molecule has 1 saturated heterocycles. The highest BCUT2D eigenvalue weighted by molar-refractivity contribution is 5.91. The van der Waals surface area contributed by atoms with E-state index >= 15 is 0 Å². The second-order valence-electron chi connectivity index (χ2n) is 6.63. The molecule has 0 radical (unpaired) electrons. The minimum Gasteiger partial charge on any atom is -0.376 e. The Hall–Kier alpha value is -3.26. The van der Waals surface area contributed by atoms with Crippen LogP contribution in [0.1, 0.15) is 18.4 Å². The van der Waals surface area contributed by atoms with Gasteiger partial charge in [-0.05, 0) is 42.7 Å². The number of nitrogens with zero attached hydrogens (tertiary/aromatic N) is 5. The van der Waals surface area contributed by atoms with E-state index in [1.165, 1.54) is 0 Å². The summed E-state index contributed by atoms with van der Waals surface area (Å²) >= 11 is 0. The van der Waals surface area contributed by atoms with Gasteiger partial charge in [0, 0.05) is 50.7 Å². The number of hydrogen-bond acceptors (Lipinski definition) is 5. The molecule has 4 rings (SSSR count). The molecule has 0 aliphatic carbocycles. The van der Waals surface area contributed by atoms with E-state index in [1.807, 2.05) is 24.3 Å². The minimum absolute atomic E-state index is 0.0573. The standard InChI is InChI=1S/C20H22N6O2/c27-20(24-18-7-2-9-22-19(18)26-11-4-10-23-26)25(15-17-6-3-12-28-17)14-16-5-1-8-21-13-16/h1-2,4-5,7-11,13,17H,3,6,12,14-15H2,(H,24,27)/t17-/m0/s1. The Labute approximate surface area is 163 Å². The maximum absolute atomic E-state index is 13.1. The Morgan fingerprint density at radius 3 is 2.93 bits per heavy atom. The van der Waals surface area contributed by atoms with Crippen molar-refractivity contribution in [2.45, 2.75) is 25.5 Å². The highest BCUT2D eigenvalue weighted by atomic mass is 16.5. The maximum Gasteiger partial charge on any atom is 0.322 e. The molecule has 8 nitrogen and oxygen atoms in total. The third-order valence-corrected chi connectivity index (χ3v) is 4.58. The molecule has 0 saturated carbocycles. The molecule has 0 unspecified atom stereocenters. The molecule has 8 heteroatoms. The van der Waals surface area contributed by atoms with Crippen LogP contribution >= 0.6 is 0 Å². The topological polar surface area (TPSA) is 85.2 Å². The van der Waals surface area contributed by atoms with E-state index in [0.717, 1.165) is 25.0 Å². The van der Waals surface area contributed by atoms with Gasteiger partial charge in [0.2, 0.25) is 0 Å². The highest BCUT2D eigenvalue weighted by Crippen LogP contribution is 2.19. The highest BCUT2D eigenvalue weighted by Gasteiger charge is 2.23. The van der Waals surface area contributed by atoms with Crippen LogP contribution in [0.4, 0.5) is 10.5 Å². The zero-order chi connectivity index (χ0) is 19.2. The monoisotopic (exact) mass is 378 g/mol. The number of amides is 2. The maximum atomic E-state index is 13.1. The van der Waals surface area contributed by atoms with Crippen LogP contribution in [0.2, 0.25) is 0 Å². The molecule has 2 amide bonds. The molecular formula is C20H22N6O2. The quantitative estimate of drug-likeness (QED) is 0.713. The van der Waals surface area contributed by atoms with Crippen molar-refractivity contribution in [1.29, 1.82) is 0 Å². The number of aromatic nitrogens is 4. The fraction of sp³-hybridized carbons (Fsp3) is 0.300. The van der Waals surface area contributed by atoms with Crippen LogP contribution in [-0.4, -0.2) is 49.9 Å². The molecule has 0 spiro atoms. The fourth-order valence-corrected chi connectivity index (χ4v) is 3.23. The number of hydrogen-bond donors (Lipinski definition) is 1. The summed E-state index contributed by atoms with van der Waals surface area (Å²) in [5.41, 5.74) is 1.56. The number of anilines is 1. The molecule has 4 heterocycles. The molecule has 1 aliphatic heterocycles. The minimum atomic E-state index is -0.208. The summed E-state index contributed by atoms with van der Waals surface area (Å²) in [7, 11) is 0. The first-order chi connectivity index (χ1) is 13.8. The number of urea groups is 1. The fourth-order valence-electron chi connectivity index (χ4n) is 3.23. The van der Waals surface area contributed by atoms with Gasteiger partial charge in [-0.2, -0.15) is 5.10 Å². The van der Waals surface area contributed by atoms with Crippen molar-refractivity contribution < 1.29 is 9.53 Å². The van der Waals surface area contributed by atoms with Crippen LogP contribution in [-0.2, 0) is 11.3 Å². The normalized spacial score (nSPS) is 16.1. The van der Waals surface area contributed by atoms with Crippen molar-refractivity contribution in [2.75, 3.05) is 18.5 Å². The van der Waals surface area contributed by atoms with Gasteiger partial charge in [0.1, 0.15) is 0 Å². The summed E-state index contributed by atoms with van der Waals surface area (Å²) in [6, 6.07) is 9.04. The third-order valence-electron chi connectivity index (χ3n) is 4.58. The summed E-state index contributed by atoms with van der Waals surface area (Å²) in [5, 5.41) is 7.19. The number of nitrogens with one attached hydrogen (secondary N) is 1. The van der Waals surface area contributed by atoms with Gasteiger partial charge in [0.25, 0.3) is 0 Å². The second kappa shape index (κ2) is 8.62. The van der Waals surface area contributed by atoms with Crippen LogP contribution in [0.25, 0.3) is 5.82 Å². The lowest BCUT2D eigenvalue weighted by Crippen LogP contribution is -2.39. The predicted octanol–water partition coefficient (Wildman–Crippen LogP) is 2.88. The molecule has 3 aromatic rings. The van der Waals surface area contributed by atoms with E-state index in [4.69, 9.17) is 4.74 Å². The number of pyridine rings is 2. The van der Waals surface area contributed by atoms with Crippen LogP contribution in [0.3, 0.4) is 0 Å². The van der Waals surface area contributed by atoms with Gasteiger partial charge in [-0.15, -0.1) is 0 Å². The lowest BCUT2D eigenvalue weighted by Gasteiger charge is -2.26. The van der Waals surface area contributed by atoms with Crippen LogP contribution in [0.5, 0.6) is 0 Å². The molecule has 144 valence electrons. The Morgan fingerprint density at radius 2 is 2.18 bits per heavy atom. The van der Waals surface area contributed by atoms with E-state index in [1.54, 1.807) is 46.6 Å². The third kappa shape index (κ3) is 4.34. The molecule has 3 aromatic heterocycles. The predicted molar refractivity (Wildman–Crippen MR) is 104 cm³/mol. The Bertz CT molecular complexity index is 894. The lowest BCUT2D eigenvalue weighted by atomic mass is 10.2. The number of rotatable bonds is 6. The summed E-state index contributed by atoms with van der Waals surface area (Å²) in [4.78, 5) is 23.4. The lowest BCUT2D eigenvalue weighted by molar-refractivity contribution is 0.0819. The first kappa shape index (κ1) is 18.1. The number of carbonyl (C=O) groups is 1. The van der Waals surface area contributed by atoms with Crippen molar-refractivity contribution in [2.24, 2.45) is 0 Å². The second-order valence-corrected chi connectivity index (χ2v) is 6.63. The molecule has 1 fully saturated rings. The Kier molecular flexibility index (Phi) is 5.58. The van der Waals surface area contributed by atoms with E-state index in [9.17, 15) is 4.79 Å². The number of carbonyl (C=O) groups excluding carboxylic acids is 1. The molecule has 1 N–H and O–H groups in total. The smallest absolute Gasteiger partial charge is 0.322 e. The largest absolute Gasteiger partial charge is 0.376 e. The summed E-state index contributed by atoms with van der Waals surface area (Å²) in [6.45, 7) is 1.73. The van der Waals surface area contributed by atoms with Gasteiger partial charge in [0.05, 0.1) is 11.8 Å². The van der Waals surface area contributed by atoms with Crippen LogP contribution < -0.4 is 5.32 Å². The Morgan fingerprint density at radius 1 is 1.25 bits per heavy atom. The van der Waals surface area contributed by atoms with E-state index < -0.39 is 0 Å². The first-order valence-corrected chi connectivity index (χ1v) is 9.31. The molecular weight excluding hydrogens is 356 g/mol. The van der Waals surface area contributed by atoms with Crippen LogP contribution in [0.15, 0.2) is 61.3 Å². The van der Waals surface area contributed by atoms with E-state index in [2.05, 4.69) is 20.4 Å². The summed E-state index contributed by atoms with van der Waals surface area (Å²) in [5.74, 6) is 0.569. The average molecular weight is 378 g/mol. The van der Waals surface area contributed by atoms with Gasteiger partial charge >= 0.3 is 6.03 Å². The molecule has 1 atom stereocenters. The van der Waals surface area contributed by atoms with Gasteiger partial charge in [-0.25, -0.2) is 14.5 Å². The Balaban J connectivity index is 1.53. The van der Waals surface area contributed by atoms with Gasteiger partial charge < -0.3 is 15.0 Å². The molecule has 1 aliphatic rings. The molecule has 0 aromatic carbocycles. The van der Waals surface area contributed by atoms with E-state index in [0.29, 0.717) is 24.6 Å². The average Bonchev–Trinajstić information content (AvgIpc) is 3.43.